The summed E-state index contributed by atoms with van der Waals surface area (Å²) < 4.78 is 10.3. The van der Waals surface area contributed by atoms with Crippen molar-refractivity contribution in [3.63, 3.8) is 0 Å². The van der Waals surface area contributed by atoms with Crippen molar-refractivity contribution in [2.24, 2.45) is 0 Å². The zero-order valence-corrected chi connectivity index (χ0v) is 11.5. The summed E-state index contributed by atoms with van der Waals surface area (Å²) in [5, 5.41) is 9.54. The molecule has 0 spiro atoms. The minimum atomic E-state index is -0.148. The first kappa shape index (κ1) is 13.9. The van der Waals surface area contributed by atoms with Gasteiger partial charge < -0.3 is 14.8 Å². The van der Waals surface area contributed by atoms with Gasteiger partial charge in [0, 0.05) is 30.4 Å². The van der Waals surface area contributed by atoms with Gasteiger partial charge in [-0.15, -0.1) is 0 Å². The molecule has 6 heteroatoms. The van der Waals surface area contributed by atoms with Crippen molar-refractivity contribution < 1.29 is 14.3 Å². The third-order valence-corrected chi connectivity index (χ3v) is 2.88. The lowest BCUT2D eigenvalue weighted by molar-refractivity contribution is 0.0953. The van der Waals surface area contributed by atoms with E-state index >= 15 is 0 Å². The Balaban J connectivity index is 1.95. The number of benzene rings is 1. The molecule has 2 N–H and O–H groups in total. The summed E-state index contributed by atoms with van der Waals surface area (Å²) in [5.74, 6) is 0.987. The van der Waals surface area contributed by atoms with Crippen LogP contribution in [0.4, 0.5) is 0 Å². The Labute approximate surface area is 117 Å². The summed E-state index contributed by atoms with van der Waals surface area (Å²) in [6, 6.07) is 6.95. The SMILES string of the molecule is COc1ccc(C(=O)NCCc2ccn[nH]2)cc1OC. The Bertz CT molecular complexity index is 567. The van der Waals surface area contributed by atoms with E-state index < -0.39 is 0 Å². The third kappa shape index (κ3) is 3.28. The van der Waals surface area contributed by atoms with Crippen molar-refractivity contribution >= 4 is 5.91 Å². The molecule has 0 saturated heterocycles. The first-order chi connectivity index (χ1) is 9.74. The molecule has 20 heavy (non-hydrogen) atoms. The number of carbonyl (C=O) groups excluding carboxylic acids is 1. The Morgan fingerprint density at radius 3 is 2.70 bits per heavy atom. The van der Waals surface area contributed by atoms with Gasteiger partial charge in [-0.05, 0) is 24.3 Å². The highest BCUT2D eigenvalue weighted by molar-refractivity contribution is 5.94. The molecule has 0 saturated carbocycles. The molecular weight excluding hydrogens is 258 g/mol. The maximum atomic E-state index is 12.0. The monoisotopic (exact) mass is 275 g/mol. The molecule has 1 aromatic carbocycles. The van der Waals surface area contributed by atoms with Gasteiger partial charge in [0.15, 0.2) is 11.5 Å². The van der Waals surface area contributed by atoms with Crippen molar-refractivity contribution in [2.45, 2.75) is 6.42 Å². The standard InChI is InChI=1S/C14H17N3O3/c1-19-12-4-3-10(9-13(12)20-2)14(18)15-7-5-11-6-8-16-17-11/h3-4,6,8-9H,5,7H2,1-2H3,(H,15,18)(H,16,17). The average Bonchev–Trinajstić information content (AvgIpc) is 2.99. The first-order valence-electron chi connectivity index (χ1n) is 6.23. The number of nitrogens with zero attached hydrogens (tertiary/aromatic N) is 1. The maximum Gasteiger partial charge on any atom is 0.251 e. The number of hydrogen-bond donors (Lipinski definition) is 2. The molecule has 1 aromatic heterocycles. The Morgan fingerprint density at radius 2 is 2.05 bits per heavy atom. The fourth-order valence-corrected chi connectivity index (χ4v) is 1.81. The third-order valence-electron chi connectivity index (χ3n) is 2.88. The predicted octanol–water partition coefficient (Wildman–Crippen LogP) is 1.40. The molecule has 0 unspecified atom stereocenters. The van der Waals surface area contributed by atoms with Gasteiger partial charge in [-0.25, -0.2) is 0 Å². The molecule has 6 nitrogen and oxygen atoms in total. The van der Waals surface area contributed by atoms with Crippen molar-refractivity contribution in [2.75, 3.05) is 20.8 Å². The summed E-state index contributed by atoms with van der Waals surface area (Å²) in [6.07, 6.45) is 2.39. The molecule has 1 amide bonds. The average molecular weight is 275 g/mol. The Hall–Kier alpha value is -2.50. The number of aromatic amines is 1. The van der Waals surface area contributed by atoms with Crippen LogP contribution in [-0.2, 0) is 6.42 Å². The predicted molar refractivity (Wildman–Crippen MR) is 74.2 cm³/mol. The van der Waals surface area contributed by atoms with E-state index in [1.165, 1.54) is 7.11 Å². The number of aromatic nitrogens is 2. The summed E-state index contributed by atoms with van der Waals surface area (Å²) in [5.41, 5.74) is 1.52. The molecule has 0 fully saturated rings. The quantitative estimate of drug-likeness (QED) is 0.835. The van der Waals surface area contributed by atoms with Gasteiger partial charge in [-0.3, -0.25) is 9.89 Å². The number of rotatable bonds is 6. The lowest BCUT2D eigenvalue weighted by Gasteiger charge is -2.09. The van der Waals surface area contributed by atoms with Crippen molar-refractivity contribution in [3.05, 3.63) is 41.7 Å². The van der Waals surface area contributed by atoms with Crippen LogP contribution in [0.25, 0.3) is 0 Å². The van der Waals surface area contributed by atoms with E-state index in [-0.39, 0.29) is 5.91 Å². The largest absolute Gasteiger partial charge is 0.493 e. The van der Waals surface area contributed by atoms with E-state index in [2.05, 4.69) is 15.5 Å². The number of nitrogens with one attached hydrogen (secondary N) is 2. The van der Waals surface area contributed by atoms with Crippen LogP contribution in [0.2, 0.25) is 0 Å². The normalized spacial score (nSPS) is 10.1. The van der Waals surface area contributed by atoms with Crippen LogP contribution < -0.4 is 14.8 Å². The highest BCUT2D eigenvalue weighted by atomic mass is 16.5. The van der Waals surface area contributed by atoms with E-state index in [4.69, 9.17) is 9.47 Å². The molecule has 2 aromatic rings. The Kier molecular flexibility index (Phi) is 4.60. The summed E-state index contributed by atoms with van der Waals surface area (Å²) >= 11 is 0. The topological polar surface area (TPSA) is 76.2 Å². The molecule has 0 aliphatic heterocycles. The van der Waals surface area contributed by atoms with Crippen LogP contribution in [0.15, 0.2) is 30.5 Å². The lowest BCUT2D eigenvalue weighted by Crippen LogP contribution is -2.25. The number of methoxy groups -OCH3 is 2. The van der Waals surface area contributed by atoms with Crippen molar-refractivity contribution in [1.82, 2.24) is 15.5 Å². The molecule has 0 radical (unpaired) electrons. The maximum absolute atomic E-state index is 12.0. The van der Waals surface area contributed by atoms with E-state index in [1.807, 2.05) is 6.07 Å². The fourth-order valence-electron chi connectivity index (χ4n) is 1.81. The van der Waals surface area contributed by atoms with Gasteiger partial charge in [0.25, 0.3) is 5.91 Å². The van der Waals surface area contributed by atoms with E-state index in [0.29, 0.717) is 30.0 Å². The molecule has 0 bridgehead atoms. The summed E-state index contributed by atoms with van der Waals surface area (Å²) in [7, 11) is 3.10. The van der Waals surface area contributed by atoms with Crippen LogP contribution in [0.1, 0.15) is 16.1 Å². The van der Waals surface area contributed by atoms with Crippen LogP contribution in [-0.4, -0.2) is 36.9 Å². The minimum Gasteiger partial charge on any atom is -0.493 e. The van der Waals surface area contributed by atoms with Crippen LogP contribution >= 0.6 is 0 Å². The van der Waals surface area contributed by atoms with Crippen molar-refractivity contribution in [1.29, 1.82) is 0 Å². The van der Waals surface area contributed by atoms with Crippen LogP contribution in [0.3, 0.4) is 0 Å². The number of amides is 1. The Morgan fingerprint density at radius 1 is 1.25 bits per heavy atom. The van der Waals surface area contributed by atoms with Crippen molar-refractivity contribution in [3.8, 4) is 11.5 Å². The highest BCUT2D eigenvalue weighted by Crippen LogP contribution is 2.27. The molecular formula is C14H17N3O3. The fraction of sp³-hybridized carbons (Fsp3) is 0.286. The second-order valence-corrected chi connectivity index (χ2v) is 4.16. The summed E-state index contributed by atoms with van der Waals surface area (Å²) in [6.45, 7) is 0.537. The van der Waals surface area contributed by atoms with Gasteiger partial charge in [0.2, 0.25) is 0 Å². The first-order valence-corrected chi connectivity index (χ1v) is 6.23. The number of carbonyl (C=O) groups is 1. The van der Waals surface area contributed by atoms with Gasteiger partial charge >= 0.3 is 0 Å². The number of ether oxygens (including phenoxy) is 2. The molecule has 106 valence electrons. The van der Waals surface area contributed by atoms with Gasteiger partial charge in [0.1, 0.15) is 0 Å². The summed E-state index contributed by atoms with van der Waals surface area (Å²) in [4.78, 5) is 12.0. The van der Waals surface area contributed by atoms with Crippen LogP contribution in [0, 0.1) is 0 Å². The van der Waals surface area contributed by atoms with Gasteiger partial charge in [0.05, 0.1) is 14.2 Å². The van der Waals surface area contributed by atoms with Gasteiger partial charge in [-0.2, -0.15) is 5.10 Å². The van der Waals surface area contributed by atoms with Crippen LogP contribution in [0.5, 0.6) is 11.5 Å². The minimum absolute atomic E-state index is 0.148. The zero-order chi connectivity index (χ0) is 14.4. The lowest BCUT2D eigenvalue weighted by atomic mass is 10.2. The van der Waals surface area contributed by atoms with Gasteiger partial charge in [-0.1, -0.05) is 0 Å². The molecule has 2 rings (SSSR count). The number of H-pyrrole nitrogens is 1. The van der Waals surface area contributed by atoms with E-state index in [9.17, 15) is 4.79 Å². The highest BCUT2D eigenvalue weighted by Gasteiger charge is 2.10. The second kappa shape index (κ2) is 6.60. The zero-order valence-electron chi connectivity index (χ0n) is 11.5. The van der Waals surface area contributed by atoms with E-state index in [1.54, 1.807) is 31.5 Å². The molecule has 1 heterocycles. The smallest absolute Gasteiger partial charge is 0.251 e. The molecule has 0 atom stereocenters. The second-order valence-electron chi connectivity index (χ2n) is 4.16. The molecule has 0 aliphatic carbocycles. The molecule has 0 aliphatic rings. The van der Waals surface area contributed by atoms with E-state index in [0.717, 1.165) is 5.69 Å². The number of hydrogen-bond acceptors (Lipinski definition) is 4.